The topological polar surface area (TPSA) is 68.0 Å². The molecule has 14 heavy (non-hydrogen) atoms. The normalized spacial score (nSPS) is 12.6. The molecule has 0 unspecified atom stereocenters. The van der Waals surface area contributed by atoms with E-state index in [1.54, 1.807) is 24.5 Å². The smallest absolute Gasteiger partial charge is 0.241 e. The minimum Gasteiger partial charge on any atom is -0.323 e. The van der Waals surface area contributed by atoms with E-state index in [1.807, 2.05) is 13.8 Å². The highest BCUT2D eigenvalue weighted by Gasteiger charge is 2.16. The van der Waals surface area contributed by atoms with Gasteiger partial charge in [0.15, 0.2) is 0 Å². The van der Waals surface area contributed by atoms with E-state index in [1.165, 1.54) is 0 Å². The number of carbonyl (C=O) groups is 1. The largest absolute Gasteiger partial charge is 0.323 e. The van der Waals surface area contributed by atoms with Crippen LogP contribution in [0.15, 0.2) is 24.5 Å². The van der Waals surface area contributed by atoms with Gasteiger partial charge in [-0.3, -0.25) is 9.78 Å². The van der Waals surface area contributed by atoms with Gasteiger partial charge in [-0.1, -0.05) is 13.8 Å². The Bertz CT molecular complexity index is 297. The first-order chi connectivity index (χ1) is 6.61. The molecule has 76 valence electrons. The van der Waals surface area contributed by atoms with Gasteiger partial charge in [-0.25, -0.2) is 0 Å². The lowest BCUT2D eigenvalue weighted by molar-refractivity contribution is -0.118. The van der Waals surface area contributed by atoms with Crippen molar-refractivity contribution < 1.29 is 4.79 Å². The van der Waals surface area contributed by atoms with Crippen LogP contribution in [-0.2, 0) is 4.79 Å². The molecule has 0 radical (unpaired) electrons. The summed E-state index contributed by atoms with van der Waals surface area (Å²) in [7, 11) is 0. The number of hydrogen-bond acceptors (Lipinski definition) is 3. The van der Waals surface area contributed by atoms with E-state index in [-0.39, 0.29) is 11.8 Å². The Hall–Kier alpha value is -1.42. The number of hydrogen-bond donors (Lipinski definition) is 2. The van der Waals surface area contributed by atoms with Crippen LogP contribution in [0.2, 0.25) is 0 Å². The van der Waals surface area contributed by atoms with Crippen molar-refractivity contribution in [2.24, 2.45) is 11.7 Å². The van der Waals surface area contributed by atoms with Crippen LogP contribution in [-0.4, -0.2) is 16.9 Å². The van der Waals surface area contributed by atoms with E-state index in [2.05, 4.69) is 10.3 Å². The second-order valence-corrected chi connectivity index (χ2v) is 3.50. The maximum absolute atomic E-state index is 11.5. The lowest BCUT2D eigenvalue weighted by Gasteiger charge is -2.14. The minimum absolute atomic E-state index is 0.131. The predicted octanol–water partition coefficient (Wildman–Crippen LogP) is 1.00. The lowest BCUT2D eigenvalue weighted by Crippen LogP contribution is -2.39. The number of carbonyl (C=O) groups excluding carboxylic acids is 1. The van der Waals surface area contributed by atoms with Crippen LogP contribution in [0.4, 0.5) is 5.69 Å². The third-order valence-corrected chi connectivity index (χ3v) is 1.95. The summed E-state index contributed by atoms with van der Waals surface area (Å²) in [6, 6.07) is 3.06. The summed E-state index contributed by atoms with van der Waals surface area (Å²) in [6.07, 6.45) is 3.24. The molecule has 0 aromatic carbocycles. The van der Waals surface area contributed by atoms with E-state index >= 15 is 0 Å². The summed E-state index contributed by atoms with van der Waals surface area (Å²) in [6.45, 7) is 3.82. The fourth-order valence-corrected chi connectivity index (χ4v) is 0.965. The lowest BCUT2D eigenvalue weighted by atomic mass is 10.1. The molecule has 0 aliphatic carbocycles. The fraction of sp³-hybridized carbons (Fsp3) is 0.400. The van der Waals surface area contributed by atoms with Gasteiger partial charge in [0.05, 0.1) is 17.9 Å². The monoisotopic (exact) mass is 193 g/mol. The number of anilines is 1. The first-order valence-electron chi connectivity index (χ1n) is 4.57. The van der Waals surface area contributed by atoms with Crippen molar-refractivity contribution in [3.05, 3.63) is 24.5 Å². The number of rotatable bonds is 3. The Labute approximate surface area is 83.5 Å². The van der Waals surface area contributed by atoms with Gasteiger partial charge in [0.25, 0.3) is 0 Å². The SMILES string of the molecule is CC(C)[C@@H](N)C(=O)Nc1cccnc1. The molecule has 0 saturated carbocycles. The third-order valence-electron chi connectivity index (χ3n) is 1.95. The molecule has 4 nitrogen and oxygen atoms in total. The van der Waals surface area contributed by atoms with Crippen LogP contribution >= 0.6 is 0 Å². The number of nitrogens with zero attached hydrogens (tertiary/aromatic N) is 1. The fourth-order valence-electron chi connectivity index (χ4n) is 0.965. The van der Waals surface area contributed by atoms with E-state index < -0.39 is 6.04 Å². The van der Waals surface area contributed by atoms with Crippen molar-refractivity contribution in [3.8, 4) is 0 Å². The van der Waals surface area contributed by atoms with Gasteiger partial charge in [-0.05, 0) is 18.1 Å². The van der Waals surface area contributed by atoms with Crippen molar-refractivity contribution >= 4 is 11.6 Å². The molecule has 0 saturated heterocycles. The second-order valence-electron chi connectivity index (χ2n) is 3.50. The van der Waals surface area contributed by atoms with E-state index in [9.17, 15) is 4.79 Å². The Morgan fingerprint density at radius 3 is 2.79 bits per heavy atom. The Morgan fingerprint density at radius 2 is 2.29 bits per heavy atom. The van der Waals surface area contributed by atoms with Gasteiger partial charge < -0.3 is 11.1 Å². The van der Waals surface area contributed by atoms with Crippen molar-refractivity contribution in [2.75, 3.05) is 5.32 Å². The number of aromatic nitrogens is 1. The van der Waals surface area contributed by atoms with E-state index in [0.717, 1.165) is 0 Å². The van der Waals surface area contributed by atoms with Gasteiger partial charge in [0, 0.05) is 6.20 Å². The molecule has 0 bridgehead atoms. The molecule has 0 aliphatic heterocycles. The summed E-state index contributed by atoms with van der Waals surface area (Å²) in [4.78, 5) is 15.4. The van der Waals surface area contributed by atoms with E-state index in [4.69, 9.17) is 5.73 Å². The van der Waals surface area contributed by atoms with Crippen molar-refractivity contribution in [3.63, 3.8) is 0 Å². The molecular formula is C10H15N3O. The number of nitrogens with one attached hydrogen (secondary N) is 1. The van der Waals surface area contributed by atoms with Gasteiger partial charge in [0.2, 0.25) is 5.91 Å². The first-order valence-corrected chi connectivity index (χ1v) is 4.57. The summed E-state index contributed by atoms with van der Waals surface area (Å²) >= 11 is 0. The Kier molecular flexibility index (Phi) is 3.59. The quantitative estimate of drug-likeness (QED) is 0.752. The molecule has 4 heteroatoms. The molecule has 1 amide bonds. The Morgan fingerprint density at radius 1 is 1.57 bits per heavy atom. The molecule has 0 aliphatic rings. The van der Waals surface area contributed by atoms with Gasteiger partial charge in [-0.2, -0.15) is 0 Å². The highest BCUT2D eigenvalue weighted by atomic mass is 16.2. The van der Waals surface area contributed by atoms with Crippen molar-refractivity contribution in [1.29, 1.82) is 0 Å². The molecule has 1 heterocycles. The molecule has 1 rings (SSSR count). The van der Waals surface area contributed by atoms with Crippen molar-refractivity contribution in [2.45, 2.75) is 19.9 Å². The summed E-state index contributed by atoms with van der Waals surface area (Å²) in [5.41, 5.74) is 6.35. The average molecular weight is 193 g/mol. The van der Waals surface area contributed by atoms with Gasteiger partial charge in [0.1, 0.15) is 0 Å². The molecule has 0 fully saturated rings. The van der Waals surface area contributed by atoms with Crippen LogP contribution < -0.4 is 11.1 Å². The van der Waals surface area contributed by atoms with Crippen LogP contribution in [0, 0.1) is 5.92 Å². The van der Waals surface area contributed by atoms with Crippen LogP contribution in [0.25, 0.3) is 0 Å². The second kappa shape index (κ2) is 4.72. The molecular weight excluding hydrogens is 178 g/mol. The zero-order valence-corrected chi connectivity index (χ0v) is 8.40. The molecule has 0 spiro atoms. The van der Waals surface area contributed by atoms with Crippen LogP contribution in [0.5, 0.6) is 0 Å². The van der Waals surface area contributed by atoms with E-state index in [0.29, 0.717) is 5.69 Å². The number of amides is 1. The maximum Gasteiger partial charge on any atom is 0.241 e. The first kappa shape index (κ1) is 10.7. The number of pyridine rings is 1. The minimum atomic E-state index is -0.477. The summed E-state index contributed by atoms with van der Waals surface area (Å²) < 4.78 is 0. The highest BCUT2D eigenvalue weighted by Crippen LogP contribution is 2.05. The average Bonchev–Trinajstić information content (AvgIpc) is 2.18. The van der Waals surface area contributed by atoms with Gasteiger partial charge >= 0.3 is 0 Å². The summed E-state index contributed by atoms with van der Waals surface area (Å²) in [5.74, 6) is -0.0420. The van der Waals surface area contributed by atoms with Crippen molar-refractivity contribution in [1.82, 2.24) is 4.98 Å². The third kappa shape index (κ3) is 2.81. The Balaban J connectivity index is 2.58. The van der Waals surface area contributed by atoms with Crippen LogP contribution in [0.1, 0.15) is 13.8 Å². The molecule has 1 atom stereocenters. The summed E-state index contributed by atoms with van der Waals surface area (Å²) in [5, 5.41) is 2.70. The standard InChI is InChI=1S/C10H15N3O/c1-7(2)9(11)10(14)13-8-4-3-5-12-6-8/h3-7,9H,11H2,1-2H3,(H,13,14)/t9-/m1/s1. The molecule has 3 N–H and O–H groups in total. The predicted molar refractivity (Wildman–Crippen MR) is 55.7 cm³/mol. The molecule has 1 aromatic rings. The molecule has 1 aromatic heterocycles. The number of nitrogens with two attached hydrogens (primary N) is 1. The zero-order valence-electron chi connectivity index (χ0n) is 8.40. The zero-order chi connectivity index (χ0) is 10.6. The highest BCUT2D eigenvalue weighted by molar-refractivity contribution is 5.94. The maximum atomic E-state index is 11.5. The van der Waals surface area contributed by atoms with Crippen LogP contribution in [0.3, 0.4) is 0 Å². The van der Waals surface area contributed by atoms with Gasteiger partial charge in [-0.15, -0.1) is 0 Å².